The Morgan fingerprint density at radius 1 is 1.32 bits per heavy atom. The minimum absolute atomic E-state index is 0.148. The molecule has 0 fully saturated rings. The normalized spacial score (nSPS) is 14.8. The lowest BCUT2D eigenvalue weighted by Crippen LogP contribution is -2.31. The number of fused-ring (bicyclic) bond motifs is 1. The van der Waals surface area contributed by atoms with Crippen molar-refractivity contribution in [3.63, 3.8) is 0 Å². The summed E-state index contributed by atoms with van der Waals surface area (Å²) in [7, 11) is 0. The van der Waals surface area contributed by atoms with E-state index in [-0.39, 0.29) is 12.0 Å². The van der Waals surface area contributed by atoms with Crippen LogP contribution in [-0.2, 0) is 22.4 Å². The summed E-state index contributed by atoms with van der Waals surface area (Å²) in [6.07, 6.45) is 5.35. The standard InChI is InChI=1S/C16H23NO2/c1-3-6-15(16(18)19-4-2)17-14-10-9-12-7-5-8-13(12)11-14/h9-11,15,17H,3-8H2,1-2H3. The molecular formula is C16H23NO2. The molecule has 3 nitrogen and oxygen atoms in total. The van der Waals surface area contributed by atoms with Gasteiger partial charge in [-0.25, -0.2) is 4.79 Å². The molecule has 1 aromatic carbocycles. The third-order valence-electron chi connectivity index (χ3n) is 3.59. The van der Waals surface area contributed by atoms with Gasteiger partial charge in [0.2, 0.25) is 0 Å². The molecule has 0 saturated carbocycles. The van der Waals surface area contributed by atoms with E-state index in [4.69, 9.17) is 4.74 Å². The van der Waals surface area contributed by atoms with Gasteiger partial charge in [-0.05, 0) is 55.9 Å². The maximum absolute atomic E-state index is 11.9. The minimum atomic E-state index is -0.232. The van der Waals surface area contributed by atoms with E-state index in [1.165, 1.54) is 24.0 Å². The van der Waals surface area contributed by atoms with E-state index in [9.17, 15) is 4.79 Å². The lowest BCUT2D eigenvalue weighted by atomic mass is 10.1. The van der Waals surface area contributed by atoms with Gasteiger partial charge in [0, 0.05) is 5.69 Å². The maximum Gasteiger partial charge on any atom is 0.328 e. The van der Waals surface area contributed by atoms with Crippen LogP contribution in [0.1, 0.15) is 44.2 Å². The summed E-state index contributed by atoms with van der Waals surface area (Å²) >= 11 is 0. The zero-order chi connectivity index (χ0) is 13.7. The molecule has 2 rings (SSSR count). The monoisotopic (exact) mass is 261 g/mol. The first-order valence-corrected chi connectivity index (χ1v) is 7.29. The number of rotatable bonds is 6. The first kappa shape index (κ1) is 13.9. The lowest BCUT2D eigenvalue weighted by Gasteiger charge is -2.18. The number of nitrogens with one attached hydrogen (secondary N) is 1. The topological polar surface area (TPSA) is 38.3 Å². The summed E-state index contributed by atoms with van der Waals surface area (Å²) in [5.41, 5.74) is 3.91. The maximum atomic E-state index is 11.9. The Bertz CT molecular complexity index is 442. The fraction of sp³-hybridized carbons (Fsp3) is 0.562. The number of hydrogen-bond acceptors (Lipinski definition) is 3. The Morgan fingerprint density at radius 2 is 2.11 bits per heavy atom. The third-order valence-corrected chi connectivity index (χ3v) is 3.59. The van der Waals surface area contributed by atoms with Crippen molar-refractivity contribution in [3.05, 3.63) is 29.3 Å². The van der Waals surface area contributed by atoms with Gasteiger partial charge in [0.1, 0.15) is 6.04 Å². The summed E-state index contributed by atoms with van der Waals surface area (Å²) < 4.78 is 5.12. The van der Waals surface area contributed by atoms with E-state index in [2.05, 4.69) is 30.4 Å². The SMILES string of the molecule is CCCC(Nc1ccc2c(c1)CCC2)C(=O)OCC. The molecule has 0 heterocycles. The van der Waals surface area contributed by atoms with Crippen LogP contribution in [0.2, 0.25) is 0 Å². The molecule has 0 saturated heterocycles. The molecule has 0 aromatic heterocycles. The van der Waals surface area contributed by atoms with Crippen LogP contribution < -0.4 is 5.32 Å². The van der Waals surface area contributed by atoms with Gasteiger partial charge in [-0.15, -0.1) is 0 Å². The molecule has 1 atom stereocenters. The predicted molar refractivity (Wildman–Crippen MR) is 77.4 cm³/mol. The Balaban J connectivity index is 2.06. The van der Waals surface area contributed by atoms with Gasteiger partial charge >= 0.3 is 5.97 Å². The Morgan fingerprint density at radius 3 is 2.84 bits per heavy atom. The summed E-state index contributed by atoms with van der Waals surface area (Å²) in [6.45, 7) is 4.36. The average molecular weight is 261 g/mol. The highest BCUT2D eigenvalue weighted by molar-refractivity contribution is 5.79. The molecular weight excluding hydrogens is 238 g/mol. The first-order chi connectivity index (χ1) is 9.24. The number of hydrogen-bond donors (Lipinski definition) is 1. The highest BCUT2D eigenvalue weighted by Crippen LogP contribution is 2.25. The van der Waals surface area contributed by atoms with Crippen LogP contribution in [0.15, 0.2) is 18.2 Å². The van der Waals surface area contributed by atoms with Crippen molar-refractivity contribution >= 4 is 11.7 Å². The van der Waals surface area contributed by atoms with E-state index < -0.39 is 0 Å². The van der Waals surface area contributed by atoms with Crippen LogP contribution >= 0.6 is 0 Å². The number of aryl methyl sites for hydroxylation is 2. The second-order valence-electron chi connectivity index (χ2n) is 5.07. The Kier molecular flexibility index (Phi) is 4.83. The van der Waals surface area contributed by atoms with Gasteiger partial charge in [0.25, 0.3) is 0 Å². The van der Waals surface area contributed by atoms with Crippen LogP contribution in [0, 0.1) is 0 Å². The van der Waals surface area contributed by atoms with E-state index >= 15 is 0 Å². The van der Waals surface area contributed by atoms with Crippen LogP contribution in [0.3, 0.4) is 0 Å². The second-order valence-corrected chi connectivity index (χ2v) is 5.07. The molecule has 1 aliphatic carbocycles. The largest absolute Gasteiger partial charge is 0.464 e. The fourth-order valence-electron chi connectivity index (χ4n) is 2.64. The van der Waals surface area contributed by atoms with Crippen LogP contribution in [0.4, 0.5) is 5.69 Å². The first-order valence-electron chi connectivity index (χ1n) is 7.29. The molecule has 1 aliphatic rings. The van der Waals surface area contributed by atoms with E-state index in [0.717, 1.165) is 24.9 Å². The molecule has 0 spiro atoms. The van der Waals surface area contributed by atoms with Crippen molar-refractivity contribution < 1.29 is 9.53 Å². The number of ether oxygens (including phenoxy) is 1. The second kappa shape index (κ2) is 6.60. The molecule has 104 valence electrons. The quantitative estimate of drug-likeness (QED) is 0.798. The van der Waals surface area contributed by atoms with Gasteiger partial charge in [0.15, 0.2) is 0 Å². The van der Waals surface area contributed by atoms with E-state index in [0.29, 0.717) is 6.61 Å². The summed E-state index contributed by atoms with van der Waals surface area (Å²) in [5.74, 6) is -0.148. The van der Waals surface area contributed by atoms with Crippen molar-refractivity contribution in [2.24, 2.45) is 0 Å². The highest BCUT2D eigenvalue weighted by atomic mass is 16.5. The van der Waals surface area contributed by atoms with Gasteiger partial charge in [-0.1, -0.05) is 19.4 Å². The number of esters is 1. The summed E-state index contributed by atoms with van der Waals surface area (Å²) in [4.78, 5) is 11.9. The van der Waals surface area contributed by atoms with Crippen molar-refractivity contribution in [1.29, 1.82) is 0 Å². The smallest absolute Gasteiger partial charge is 0.328 e. The van der Waals surface area contributed by atoms with E-state index in [1.54, 1.807) is 0 Å². The molecule has 3 heteroatoms. The van der Waals surface area contributed by atoms with E-state index in [1.807, 2.05) is 6.92 Å². The molecule has 0 bridgehead atoms. The van der Waals surface area contributed by atoms with Crippen molar-refractivity contribution in [3.8, 4) is 0 Å². The van der Waals surface area contributed by atoms with Crippen molar-refractivity contribution in [2.75, 3.05) is 11.9 Å². The van der Waals surface area contributed by atoms with Gasteiger partial charge < -0.3 is 10.1 Å². The molecule has 0 radical (unpaired) electrons. The average Bonchev–Trinajstić information content (AvgIpc) is 2.86. The van der Waals surface area contributed by atoms with Crippen LogP contribution in [-0.4, -0.2) is 18.6 Å². The van der Waals surface area contributed by atoms with Crippen molar-refractivity contribution in [2.45, 2.75) is 52.0 Å². The van der Waals surface area contributed by atoms with Crippen molar-refractivity contribution in [1.82, 2.24) is 0 Å². The molecule has 19 heavy (non-hydrogen) atoms. The zero-order valence-electron chi connectivity index (χ0n) is 11.9. The molecule has 1 aromatic rings. The number of carbonyl (C=O) groups excluding carboxylic acids is 1. The predicted octanol–water partition coefficient (Wildman–Crippen LogP) is 3.32. The summed E-state index contributed by atoms with van der Waals surface area (Å²) in [5, 5.41) is 3.32. The zero-order valence-corrected chi connectivity index (χ0v) is 11.9. The lowest BCUT2D eigenvalue weighted by molar-refractivity contribution is -0.144. The Labute approximate surface area is 115 Å². The summed E-state index contributed by atoms with van der Waals surface area (Å²) in [6, 6.07) is 6.21. The highest BCUT2D eigenvalue weighted by Gasteiger charge is 2.19. The van der Waals surface area contributed by atoms with Gasteiger partial charge in [-0.2, -0.15) is 0 Å². The number of benzene rings is 1. The molecule has 1 N–H and O–H groups in total. The molecule has 0 amide bonds. The third kappa shape index (κ3) is 3.49. The molecule has 1 unspecified atom stereocenters. The Hall–Kier alpha value is -1.51. The fourth-order valence-corrected chi connectivity index (χ4v) is 2.64. The number of carbonyl (C=O) groups is 1. The molecule has 0 aliphatic heterocycles. The van der Waals surface area contributed by atoms with Gasteiger partial charge in [0.05, 0.1) is 6.61 Å². The van der Waals surface area contributed by atoms with Gasteiger partial charge in [-0.3, -0.25) is 0 Å². The van der Waals surface area contributed by atoms with Crippen LogP contribution in [0.5, 0.6) is 0 Å². The minimum Gasteiger partial charge on any atom is -0.464 e. The number of anilines is 1. The van der Waals surface area contributed by atoms with Crippen LogP contribution in [0.25, 0.3) is 0 Å².